The average molecular weight is 704 g/mol. The normalized spacial score (nSPS) is 15.5. The Morgan fingerprint density at radius 1 is 0.527 bits per heavy atom. The van der Waals surface area contributed by atoms with Crippen LogP contribution in [-0.2, 0) is 0 Å². The quantitative estimate of drug-likeness (QED) is 0.180. The van der Waals surface area contributed by atoms with E-state index < -0.39 is 0 Å². The van der Waals surface area contributed by atoms with E-state index in [9.17, 15) is 0 Å². The summed E-state index contributed by atoms with van der Waals surface area (Å²) in [4.78, 5) is 8.08. The highest BCUT2D eigenvalue weighted by molar-refractivity contribution is 6.23. The van der Waals surface area contributed by atoms with Gasteiger partial charge in [0, 0.05) is 45.1 Å². The van der Waals surface area contributed by atoms with Crippen molar-refractivity contribution >= 4 is 88.6 Å². The lowest BCUT2D eigenvalue weighted by Crippen LogP contribution is -2.43. The molecule has 4 heteroatoms. The summed E-state index contributed by atoms with van der Waals surface area (Å²) in [6.45, 7) is 0. The van der Waals surface area contributed by atoms with Crippen LogP contribution in [0.15, 0.2) is 179 Å². The largest absolute Gasteiger partial charge is 0.455 e. The van der Waals surface area contributed by atoms with Crippen molar-refractivity contribution in [1.29, 1.82) is 0 Å². The van der Waals surface area contributed by atoms with Crippen LogP contribution in [0.4, 0.5) is 0 Å². The predicted octanol–water partition coefficient (Wildman–Crippen LogP) is 12.8. The van der Waals surface area contributed by atoms with E-state index in [1.54, 1.807) is 0 Å². The first-order chi connectivity index (χ1) is 27.2. The molecule has 2 aliphatic rings. The first kappa shape index (κ1) is 30.3. The summed E-state index contributed by atoms with van der Waals surface area (Å²) in [6.07, 6.45) is 4.60. The number of furan rings is 1. The van der Waals surface area contributed by atoms with Crippen molar-refractivity contribution in [2.45, 2.75) is 6.04 Å². The number of aliphatic imine (C=N–C) groups is 1. The van der Waals surface area contributed by atoms with E-state index in [-0.39, 0.29) is 6.04 Å². The van der Waals surface area contributed by atoms with Gasteiger partial charge >= 0.3 is 0 Å². The van der Waals surface area contributed by atoms with Gasteiger partial charge in [-0.05, 0) is 80.9 Å². The van der Waals surface area contributed by atoms with Crippen LogP contribution in [-0.4, -0.2) is 28.5 Å². The first-order valence-electron chi connectivity index (χ1n) is 18.9. The number of fused-ring (bicyclic) bond motifs is 12. The van der Waals surface area contributed by atoms with Crippen molar-refractivity contribution in [3.63, 3.8) is 0 Å². The Morgan fingerprint density at radius 3 is 2.15 bits per heavy atom. The van der Waals surface area contributed by atoms with Gasteiger partial charge in [-0.2, -0.15) is 0 Å². The van der Waals surface area contributed by atoms with Crippen molar-refractivity contribution in [2.24, 2.45) is 4.99 Å². The molecule has 10 aromatic rings. The van der Waals surface area contributed by atoms with Gasteiger partial charge in [-0.15, -0.1) is 0 Å². The number of rotatable bonds is 2. The van der Waals surface area contributed by atoms with Crippen LogP contribution in [0.25, 0.3) is 93.8 Å². The van der Waals surface area contributed by atoms with E-state index in [0.29, 0.717) is 0 Å². The molecule has 2 aromatic heterocycles. The molecule has 0 amide bonds. The molecule has 0 N–H and O–H groups in total. The lowest BCUT2D eigenvalue weighted by atomic mass is 9.84. The van der Waals surface area contributed by atoms with E-state index in [1.165, 1.54) is 49.4 Å². The smallest absolute Gasteiger partial charge is 0.211 e. The Labute approximate surface area is 317 Å². The van der Waals surface area contributed by atoms with E-state index in [1.807, 2.05) is 6.07 Å². The number of para-hydroxylation sites is 2. The van der Waals surface area contributed by atoms with E-state index in [2.05, 4.69) is 186 Å². The molecule has 0 saturated heterocycles. The van der Waals surface area contributed by atoms with Gasteiger partial charge < -0.3 is 9.32 Å². The maximum Gasteiger partial charge on any atom is 0.211 e. The van der Waals surface area contributed by atoms with Gasteiger partial charge in [0.2, 0.25) is 5.96 Å². The third-order valence-electron chi connectivity index (χ3n) is 11.8. The molecule has 1 aliphatic carbocycles. The van der Waals surface area contributed by atoms with Gasteiger partial charge in [0.15, 0.2) is 0 Å². The summed E-state index contributed by atoms with van der Waals surface area (Å²) in [6, 6.07) is 59.0. The fraction of sp³-hybridized carbons (Fsp3) is 0.0392. The summed E-state index contributed by atoms with van der Waals surface area (Å²) >= 11 is 0. The zero-order chi connectivity index (χ0) is 36.2. The highest BCUT2D eigenvalue weighted by Gasteiger charge is 2.34. The molecule has 8 aromatic carbocycles. The summed E-state index contributed by atoms with van der Waals surface area (Å²) in [7, 11) is 2.18. The van der Waals surface area contributed by atoms with Crippen molar-refractivity contribution in [3.05, 3.63) is 187 Å². The van der Waals surface area contributed by atoms with Crippen molar-refractivity contribution in [3.8, 4) is 11.1 Å². The fourth-order valence-corrected chi connectivity index (χ4v) is 9.11. The number of nitrogens with zero attached hydrogens (tertiary/aromatic N) is 3. The second kappa shape index (κ2) is 11.4. The predicted molar refractivity (Wildman–Crippen MR) is 230 cm³/mol. The summed E-state index contributed by atoms with van der Waals surface area (Å²) < 4.78 is 8.94. The lowest BCUT2D eigenvalue weighted by molar-refractivity contribution is 0.477. The molecule has 1 aliphatic heterocycles. The molecule has 12 rings (SSSR count). The number of aromatic nitrogens is 1. The minimum absolute atomic E-state index is 0.0210. The summed E-state index contributed by atoms with van der Waals surface area (Å²) in [5.74, 6) is 0.884. The minimum atomic E-state index is -0.0210. The zero-order valence-electron chi connectivity index (χ0n) is 30.1. The SMILES string of the molecule is CN1C(n2c3ccccc3c3cc4ccc5c6ccccc6oc5c4cc32)=NC(c2ccc3cc(-c4ccccc4)ccc3c2)=C2c3ccccc3C=CC21. The van der Waals surface area contributed by atoms with Gasteiger partial charge in [-0.3, -0.25) is 4.57 Å². The molecule has 0 saturated carbocycles. The van der Waals surface area contributed by atoms with Crippen LogP contribution in [0.3, 0.4) is 0 Å². The van der Waals surface area contributed by atoms with E-state index in [4.69, 9.17) is 9.41 Å². The number of likely N-dealkylation sites (N-methyl/N-ethyl adjacent to an activating group) is 1. The van der Waals surface area contributed by atoms with E-state index in [0.717, 1.165) is 61.0 Å². The number of hydrogen-bond acceptors (Lipinski definition) is 3. The maximum absolute atomic E-state index is 6.58. The van der Waals surface area contributed by atoms with Gasteiger partial charge in [-0.1, -0.05) is 133 Å². The summed E-state index contributed by atoms with van der Waals surface area (Å²) in [5, 5.41) is 9.30. The number of hydrogen-bond donors (Lipinski definition) is 0. The Morgan fingerprint density at radius 2 is 1.25 bits per heavy atom. The Kier molecular flexibility index (Phi) is 6.29. The molecule has 1 unspecified atom stereocenters. The maximum atomic E-state index is 6.58. The molecule has 55 heavy (non-hydrogen) atoms. The molecular formula is C51H33N3O. The third kappa shape index (κ3) is 4.43. The average Bonchev–Trinajstić information content (AvgIpc) is 3.78. The Bertz CT molecular complexity index is 3340. The van der Waals surface area contributed by atoms with Crippen molar-refractivity contribution in [1.82, 2.24) is 9.47 Å². The van der Waals surface area contributed by atoms with Crippen LogP contribution >= 0.6 is 0 Å². The Balaban J connectivity index is 1.12. The molecule has 4 nitrogen and oxygen atoms in total. The van der Waals surface area contributed by atoms with E-state index >= 15 is 0 Å². The van der Waals surface area contributed by atoms with Crippen LogP contribution in [0, 0.1) is 0 Å². The molecular weight excluding hydrogens is 671 g/mol. The minimum Gasteiger partial charge on any atom is -0.455 e. The molecule has 3 heterocycles. The Hall–Kier alpha value is -7.17. The van der Waals surface area contributed by atoms with Crippen LogP contribution in [0.1, 0.15) is 16.7 Å². The molecule has 1 atom stereocenters. The monoisotopic (exact) mass is 703 g/mol. The van der Waals surface area contributed by atoms with Gasteiger partial charge in [-0.25, -0.2) is 4.99 Å². The highest BCUT2D eigenvalue weighted by Crippen LogP contribution is 2.44. The second-order valence-electron chi connectivity index (χ2n) is 14.8. The van der Waals surface area contributed by atoms with Gasteiger partial charge in [0.1, 0.15) is 11.2 Å². The van der Waals surface area contributed by atoms with Crippen LogP contribution in [0.5, 0.6) is 0 Å². The first-order valence-corrected chi connectivity index (χ1v) is 18.9. The van der Waals surface area contributed by atoms with Crippen LogP contribution < -0.4 is 0 Å². The molecule has 0 fully saturated rings. The van der Waals surface area contributed by atoms with Gasteiger partial charge in [0.25, 0.3) is 0 Å². The van der Waals surface area contributed by atoms with Crippen molar-refractivity contribution in [2.75, 3.05) is 7.05 Å². The molecule has 0 bridgehead atoms. The third-order valence-corrected chi connectivity index (χ3v) is 11.8. The summed E-state index contributed by atoms with van der Waals surface area (Å²) in [5.41, 5.74) is 12.2. The highest BCUT2D eigenvalue weighted by atomic mass is 16.3. The van der Waals surface area contributed by atoms with Gasteiger partial charge in [0.05, 0.1) is 22.8 Å². The number of benzene rings is 8. The second-order valence-corrected chi connectivity index (χ2v) is 14.8. The lowest BCUT2D eigenvalue weighted by Gasteiger charge is -2.38. The fourth-order valence-electron chi connectivity index (χ4n) is 9.11. The topological polar surface area (TPSA) is 33.7 Å². The van der Waals surface area contributed by atoms with Crippen molar-refractivity contribution < 1.29 is 4.42 Å². The molecule has 0 radical (unpaired) electrons. The standard InChI is InChI=1S/C51H33N3O/c1-53-45-26-24-32-13-5-6-14-38(32)48(45)49(37-22-21-34-27-33(19-20-35(34)28-37)31-11-3-2-4-12-31)52-51(53)54-44-17-9-7-15-39(44)43-29-36-23-25-41-40-16-8-10-18-47(40)55-50(41)42(36)30-46(43)54/h2-30,45H,1H3. The molecule has 258 valence electrons. The van der Waals surface area contributed by atoms with Crippen LogP contribution in [0.2, 0.25) is 0 Å². The zero-order valence-corrected chi connectivity index (χ0v) is 30.1. The molecule has 0 spiro atoms.